The molecule has 40 heavy (non-hydrogen) atoms. The molecule has 2 N–H and O–H groups in total. The van der Waals surface area contributed by atoms with Crippen molar-refractivity contribution in [2.24, 2.45) is 0 Å². The molecule has 0 saturated carbocycles. The van der Waals surface area contributed by atoms with Gasteiger partial charge in [0.05, 0.1) is 24.1 Å². The van der Waals surface area contributed by atoms with Crippen molar-refractivity contribution < 1.29 is 9.59 Å². The number of thiophene rings is 2. The molecule has 0 aliphatic heterocycles. The smallest absolute Gasteiger partial charge is 0.270 e. The van der Waals surface area contributed by atoms with Crippen LogP contribution in [0.5, 0.6) is 0 Å². The summed E-state index contributed by atoms with van der Waals surface area (Å²) >= 11 is 3.21. The van der Waals surface area contributed by atoms with Gasteiger partial charge in [-0.3, -0.25) is 9.59 Å². The quantitative estimate of drug-likeness (QED) is 0.167. The minimum atomic E-state index is -0.203. The Morgan fingerprint density at radius 3 is 1.50 bits per heavy atom. The molecular weight excluding hydrogens is 577 g/mol. The lowest BCUT2D eigenvalue weighted by Crippen LogP contribution is -2.23. The molecule has 198 valence electrons. The van der Waals surface area contributed by atoms with Crippen LogP contribution < -0.4 is 10.6 Å². The summed E-state index contributed by atoms with van der Waals surface area (Å²) in [5.74, 6) is -0.406. The van der Waals surface area contributed by atoms with Gasteiger partial charge in [0.15, 0.2) is 0 Å². The Labute approximate surface area is 246 Å². The molecule has 0 saturated heterocycles. The van der Waals surface area contributed by atoms with Crippen LogP contribution in [0.1, 0.15) is 30.7 Å². The monoisotopic (exact) mass is 598 g/mol. The summed E-state index contributed by atoms with van der Waals surface area (Å²) in [6.07, 6.45) is 0. The highest BCUT2D eigenvalue weighted by Gasteiger charge is 2.14. The normalized spacial score (nSPS) is 11.1. The fraction of sp³-hybridized carbons (Fsp3) is 0.0667. The van der Waals surface area contributed by atoms with E-state index in [-0.39, 0.29) is 11.8 Å². The van der Waals surface area contributed by atoms with Crippen LogP contribution in [0.2, 0.25) is 0 Å². The highest BCUT2D eigenvalue weighted by Crippen LogP contribution is 2.42. The van der Waals surface area contributed by atoms with Gasteiger partial charge in [-0.15, -0.1) is 22.7 Å². The highest BCUT2D eigenvalue weighted by molar-refractivity contribution is 8.76. The molecule has 4 heterocycles. The minimum Gasteiger partial charge on any atom is -0.346 e. The Morgan fingerprint density at radius 1 is 0.600 bits per heavy atom. The number of aromatic nitrogens is 2. The third-order valence-electron chi connectivity index (χ3n) is 6.06. The number of nitrogens with zero attached hydrogens (tertiary/aromatic N) is 2. The molecule has 0 aliphatic carbocycles. The number of hydrogen-bond acceptors (Lipinski definition) is 8. The second-order valence-corrected chi connectivity index (χ2v) is 13.0. The third-order valence-corrected chi connectivity index (χ3v) is 10.2. The van der Waals surface area contributed by atoms with Gasteiger partial charge < -0.3 is 10.6 Å². The van der Waals surface area contributed by atoms with Gasteiger partial charge in [-0.1, -0.05) is 70.1 Å². The molecule has 0 radical (unpaired) electrons. The summed E-state index contributed by atoms with van der Waals surface area (Å²) in [5.41, 5.74) is 2.30. The first-order chi connectivity index (χ1) is 19.6. The maximum Gasteiger partial charge on any atom is 0.270 e. The predicted octanol–water partition coefficient (Wildman–Crippen LogP) is 7.57. The maximum absolute atomic E-state index is 12.8. The summed E-state index contributed by atoms with van der Waals surface area (Å²) in [5, 5.41) is 11.8. The predicted molar refractivity (Wildman–Crippen MR) is 166 cm³/mol. The van der Waals surface area contributed by atoms with Crippen LogP contribution in [0.3, 0.4) is 0 Å². The van der Waals surface area contributed by atoms with Crippen molar-refractivity contribution in [1.82, 2.24) is 20.6 Å². The van der Waals surface area contributed by atoms with E-state index in [1.54, 1.807) is 56.4 Å². The topological polar surface area (TPSA) is 84.0 Å². The van der Waals surface area contributed by atoms with Gasteiger partial charge >= 0.3 is 0 Å². The molecule has 6 aromatic rings. The number of carbonyl (C=O) groups is 2. The number of fused-ring (bicyclic) bond motifs is 2. The number of nitrogens with one attached hydrogen (secondary N) is 2. The van der Waals surface area contributed by atoms with Crippen LogP contribution in [0.15, 0.2) is 105 Å². The lowest BCUT2D eigenvalue weighted by Gasteiger charge is -2.10. The SMILES string of the molecule is O=C(NCc1cccs1)c1ccc2cccc(SSc3cccc4ccc(C(=O)NCc5cccs5)nc34)c2n1. The van der Waals surface area contributed by atoms with E-state index in [1.807, 2.05) is 83.6 Å². The molecule has 4 aromatic heterocycles. The Bertz CT molecular complexity index is 1670. The van der Waals surface area contributed by atoms with Crippen LogP contribution in [0, 0.1) is 0 Å². The van der Waals surface area contributed by atoms with Gasteiger partial charge in [-0.25, -0.2) is 9.97 Å². The zero-order chi connectivity index (χ0) is 27.3. The largest absolute Gasteiger partial charge is 0.346 e. The zero-order valence-electron chi connectivity index (χ0n) is 21.0. The van der Waals surface area contributed by atoms with Crippen molar-refractivity contribution in [1.29, 1.82) is 0 Å². The Hall–Kier alpha value is -3.70. The second kappa shape index (κ2) is 12.2. The van der Waals surface area contributed by atoms with Gasteiger partial charge in [-0.05, 0) is 47.2 Å². The van der Waals surface area contributed by atoms with Gasteiger partial charge in [0.25, 0.3) is 11.8 Å². The summed E-state index contributed by atoms with van der Waals surface area (Å²) in [4.78, 5) is 39.1. The van der Waals surface area contributed by atoms with Crippen molar-refractivity contribution in [2.75, 3.05) is 0 Å². The second-order valence-electron chi connectivity index (χ2n) is 8.74. The van der Waals surface area contributed by atoms with Gasteiger partial charge in [-0.2, -0.15) is 0 Å². The number of carbonyl (C=O) groups excluding carboxylic acids is 2. The molecule has 0 aliphatic rings. The molecule has 0 unspecified atom stereocenters. The van der Waals surface area contributed by atoms with E-state index in [0.717, 1.165) is 41.4 Å². The van der Waals surface area contributed by atoms with Crippen molar-refractivity contribution in [3.05, 3.63) is 117 Å². The fourth-order valence-corrected chi connectivity index (χ4v) is 7.63. The Morgan fingerprint density at radius 2 is 1.07 bits per heavy atom. The molecule has 6 rings (SSSR count). The zero-order valence-corrected chi connectivity index (χ0v) is 24.3. The van der Waals surface area contributed by atoms with E-state index in [2.05, 4.69) is 10.6 Å². The highest BCUT2D eigenvalue weighted by atomic mass is 33.1. The summed E-state index contributed by atoms with van der Waals surface area (Å²) in [7, 11) is 3.11. The lowest BCUT2D eigenvalue weighted by molar-refractivity contribution is 0.0938. The first-order valence-electron chi connectivity index (χ1n) is 12.4. The van der Waals surface area contributed by atoms with Crippen molar-refractivity contribution in [2.45, 2.75) is 22.9 Å². The third kappa shape index (κ3) is 6.05. The average molecular weight is 599 g/mol. The molecule has 0 fully saturated rings. The van der Waals surface area contributed by atoms with Crippen LogP contribution >= 0.6 is 44.3 Å². The number of pyridine rings is 2. The van der Waals surface area contributed by atoms with E-state index in [9.17, 15) is 9.59 Å². The van der Waals surface area contributed by atoms with Gasteiger partial charge in [0, 0.05) is 30.3 Å². The number of rotatable bonds is 9. The summed E-state index contributed by atoms with van der Waals surface area (Å²) in [6.45, 7) is 0.954. The molecule has 0 spiro atoms. The number of benzene rings is 2. The standard InChI is InChI=1S/C30H22N4O2S4/c35-29(31-17-21-7-3-15-37-21)23-13-11-19-5-1-9-25(27(19)33-23)39-40-26-10-2-6-20-12-14-24(34-28(20)26)30(36)32-18-22-8-4-16-38-22/h1-16H,17-18H2,(H,31,35)(H,32,36). The number of amides is 2. The van der Waals surface area contributed by atoms with Crippen molar-refractivity contribution in [3.8, 4) is 0 Å². The Balaban J connectivity index is 1.21. The van der Waals surface area contributed by atoms with E-state index < -0.39 is 0 Å². The van der Waals surface area contributed by atoms with Gasteiger partial charge in [0.2, 0.25) is 0 Å². The van der Waals surface area contributed by atoms with Crippen molar-refractivity contribution in [3.63, 3.8) is 0 Å². The van der Waals surface area contributed by atoms with E-state index in [4.69, 9.17) is 9.97 Å². The molecule has 0 bridgehead atoms. The van der Waals surface area contributed by atoms with Crippen LogP contribution in [0.25, 0.3) is 21.8 Å². The maximum atomic E-state index is 12.8. The molecule has 6 nitrogen and oxygen atoms in total. The molecule has 2 amide bonds. The number of para-hydroxylation sites is 2. The fourth-order valence-electron chi connectivity index (χ4n) is 4.06. The first-order valence-corrected chi connectivity index (χ1v) is 16.3. The van der Waals surface area contributed by atoms with Crippen LogP contribution in [0.4, 0.5) is 0 Å². The van der Waals surface area contributed by atoms with E-state index >= 15 is 0 Å². The first kappa shape index (κ1) is 26.5. The molecule has 10 heteroatoms. The van der Waals surface area contributed by atoms with Crippen LogP contribution in [-0.2, 0) is 13.1 Å². The molecule has 2 aromatic carbocycles. The average Bonchev–Trinajstić information content (AvgIpc) is 3.72. The number of hydrogen-bond donors (Lipinski definition) is 2. The lowest BCUT2D eigenvalue weighted by atomic mass is 10.2. The van der Waals surface area contributed by atoms with Crippen LogP contribution in [-0.4, -0.2) is 21.8 Å². The van der Waals surface area contributed by atoms with E-state index in [0.29, 0.717) is 24.5 Å². The Kier molecular flexibility index (Phi) is 8.10. The summed E-state index contributed by atoms with van der Waals surface area (Å²) < 4.78 is 0. The van der Waals surface area contributed by atoms with E-state index in [1.165, 1.54) is 0 Å². The summed E-state index contributed by atoms with van der Waals surface area (Å²) in [6, 6.07) is 27.3. The van der Waals surface area contributed by atoms with Crippen molar-refractivity contribution >= 4 is 77.9 Å². The minimum absolute atomic E-state index is 0.203. The van der Waals surface area contributed by atoms with Gasteiger partial charge in [0.1, 0.15) is 11.4 Å². The molecular formula is C30H22N4O2S4. The molecule has 0 atom stereocenters.